The second-order valence-corrected chi connectivity index (χ2v) is 6.79. The number of pyridine rings is 1. The van der Waals surface area contributed by atoms with E-state index in [2.05, 4.69) is 11.1 Å². The molecular formula is C20H12F2N4O2. The van der Waals surface area contributed by atoms with Crippen LogP contribution in [0.3, 0.4) is 0 Å². The number of halogens is 2. The molecule has 138 valence electrons. The fourth-order valence-corrected chi connectivity index (χ4v) is 3.62. The molecule has 0 aliphatic heterocycles. The molecule has 1 aliphatic rings. The van der Waals surface area contributed by atoms with Crippen molar-refractivity contribution in [1.82, 2.24) is 9.55 Å². The van der Waals surface area contributed by atoms with E-state index in [1.165, 1.54) is 17.0 Å². The van der Waals surface area contributed by atoms with Crippen molar-refractivity contribution in [2.24, 2.45) is 0 Å². The zero-order valence-corrected chi connectivity index (χ0v) is 14.4. The Morgan fingerprint density at radius 1 is 1.21 bits per heavy atom. The lowest BCUT2D eigenvalue weighted by molar-refractivity contribution is 0.604. The lowest BCUT2D eigenvalue weighted by Crippen LogP contribution is -2.21. The number of aromatic nitrogens is 2. The molecule has 6 nitrogen and oxygen atoms in total. The first kappa shape index (κ1) is 16.4. The van der Waals surface area contributed by atoms with Crippen molar-refractivity contribution in [3.8, 4) is 17.2 Å². The summed E-state index contributed by atoms with van der Waals surface area (Å²) in [7, 11) is 0. The summed E-state index contributed by atoms with van der Waals surface area (Å²) in [5.41, 5.74) is 5.68. The van der Waals surface area contributed by atoms with Gasteiger partial charge in [-0.05, 0) is 25.0 Å². The van der Waals surface area contributed by atoms with Crippen LogP contribution >= 0.6 is 0 Å². The third kappa shape index (κ3) is 2.16. The number of nitrogens with zero attached hydrogens (tertiary/aromatic N) is 3. The molecule has 8 heteroatoms. The van der Waals surface area contributed by atoms with Gasteiger partial charge in [0.15, 0.2) is 17.5 Å². The van der Waals surface area contributed by atoms with Gasteiger partial charge in [-0.1, -0.05) is 6.07 Å². The number of nitrogen functional groups attached to an aromatic ring is 1. The second-order valence-electron chi connectivity index (χ2n) is 6.79. The Balaban J connectivity index is 1.96. The van der Waals surface area contributed by atoms with E-state index in [0.717, 1.165) is 25.0 Å². The van der Waals surface area contributed by atoms with Gasteiger partial charge in [0.2, 0.25) is 0 Å². The number of nitriles is 1. The predicted octanol–water partition coefficient (Wildman–Crippen LogP) is 3.88. The molecule has 0 radical (unpaired) electrons. The van der Waals surface area contributed by atoms with Gasteiger partial charge in [-0.25, -0.2) is 13.8 Å². The van der Waals surface area contributed by atoms with Crippen LogP contribution in [0.4, 0.5) is 14.5 Å². The lowest BCUT2D eigenvalue weighted by atomic mass is 9.96. The summed E-state index contributed by atoms with van der Waals surface area (Å²) in [6.45, 7) is 0. The van der Waals surface area contributed by atoms with Crippen molar-refractivity contribution in [1.29, 1.82) is 5.26 Å². The first-order valence-corrected chi connectivity index (χ1v) is 8.60. The highest BCUT2D eigenvalue weighted by Crippen LogP contribution is 2.40. The van der Waals surface area contributed by atoms with Crippen LogP contribution in [0.15, 0.2) is 39.9 Å². The van der Waals surface area contributed by atoms with Gasteiger partial charge in [-0.2, -0.15) is 5.26 Å². The number of nitrogens with two attached hydrogens (primary N) is 1. The van der Waals surface area contributed by atoms with Gasteiger partial charge in [0.1, 0.15) is 17.7 Å². The topological polar surface area (TPSA) is 97.8 Å². The van der Waals surface area contributed by atoms with Crippen LogP contribution in [0.5, 0.6) is 0 Å². The molecule has 2 heterocycles. The van der Waals surface area contributed by atoms with E-state index in [4.69, 9.17) is 10.2 Å². The van der Waals surface area contributed by atoms with Crippen molar-refractivity contribution in [3.05, 3.63) is 58.2 Å². The average Bonchev–Trinajstić information content (AvgIpc) is 3.38. The summed E-state index contributed by atoms with van der Waals surface area (Å²) in [6, 6.07) is 6.98. The molecule has 0 unspecified atom stereocenters. The Morgan fingerprint density at radius 3 is 2.71 bits per heavy atom. The Morgan fingerprint density at radius 2 is 2.00 bits per heavy atom. The molecule has 4 aromatic rings. The smallest absolute Gasteiger partial charge is 0.281 e. The number of oxazole rings is 1. The quantitative estimate of drug-likeness (QED) is 0.534. The molecule has 2 aromatic carbocycles. The second kappa shape index (κ2) is 5.63. The Kier molecular flexibility index (Phi) is 3.31. The van der Waals surface area contributed by atoms with E-state index in [1.54, 1.807) is 6.07 Å². The van der Waals surface area contributed by atoms with Crippen molar-refractivity contribution in [2.75, 3.05) is 5.73 Å². The van der Waals surface area contributed by atoms with Crippen LogP contribution in [0.1, 0.15) is 24.4 Å². The highest BCUT2D eigenvalue weighted by molar-refractivity contribution is 6.05. The monoisotopic (exact) mass is 378 g/mol. The molecule has 2 N–H and O–H groups in total. The van der Waals surface area contributed by atoms with E-state index >= 15 is 0 Å². The molecule has 0 amide bonds. The molecule has 0 saturated heterocycles. The molecular weight excluding hydrogens is 366 g/mol. The van der Waals surface area contributed by atoms with Crippen LogP contribution in [-0.2, 0) is 0 Å². The molecule has 28 heavy (non-hydrogen) atoms. The SMILES string of the molecule is N#Cc1c(-c2cc(F)c(N)cc2F)ccc2c3ocnc3c(=O)n(C3CC3)c12. The maximum absolute atomic E-state index is 14.5. The van der Waals surface area contributed by atoms with Gasteiger partial charge in [0, 0.05) is 28.6 Å². The number of benzene rings is 2. The maximum atomic E-state index is 14.5. The Hall–Kier alpha value is -3.73. The largest absolute Gasteiger partial charge is 0.443 e. The average molecular weight is 378 g/mol. The summed E-state index contributed by atoms with van der Waals surface area (Å²) >= 11 is 0. The molecule has 1 saturated carbocycles. The third-order valence-corrected chi connectivity index (χ3v) is 5.05. The number of fused-ring (bicyclic) bond motifs is 3. The number of hydrogen-bond donors (Lipinski definition) is 1. The van der Waals surface area contributed by atoms with Crippen LogP contribution in [0.25, 0.3) is 33.1 Å². The van der Waals surface area contributed by atoms with Gasteiger partial charge >= 0.3 is 0 Å². The van der Waals surface area contributed by atoms with E-state index < -0.39 is 11.6 Å². The maximum Gasteiger partial charge on any atom is 0.281 e. The minimum Gasteiger partial charge on any atom is -0.443 e. The minimum absolute atomic E-state index is 0.0635. The van der Waals surface area contributed by atoms with E-state index in [-0.39, 0.29) is 45.1 Å². The first-order chi connectivity index (χ1) is 13.5. The molecule has 0 spiro atoms. The van der Waals surface area contributed by atoms with Gasteiger partial charge in [-0.3, -0.25) is 4.79 Å². The molecule has 1 aliphatic carbocycles. The van der Waals surface area contributed by atoms with Crippen molar-refractivity contribution in [2.45, 2.75) is 18.9 Å². The molecule has 5 rings (SSSR count). The van der Waals surface area contributed by atoms with E-state index in [1.807, 2.05) is 0 Å². The van der Waals surface area contributed by atoms with Crippen molar-refractivity contribution in [3.63, 3.8) is 0 Å². The fraction of sp³-hybridized carbons (Fsp3) is 0.150. The predicted molar refractivity (Wildman–Crippen MR) is 98.5 cm³/mol. The van der Waals surface area contributed by atoms with Crippen molar-refractivity contribution >= 4 is 27.7 Å². The summed E-state index contributed by atoms with van der Waals surface area (Å²) < 4.78 is 35.4. The summed E-state index contributed by atoms with van der Waals surface area (Å²) in [4.78, 5) is 17.0. The minimum atomic E-state index is -0.786. The normalized spacial score (nSPS) is 13.9. The summed E-state index contributed by atoms with van der Waals surface area (Å²) in [6.07, 6.45) is 2.76. The Bertz CT molecular complexity index is 1390. The zero-order chi connectivity index (χ0) is 19.6. The van der Waals surface area contributed by atoms with Gasteiger partial charge < -0.3 is 14.7 Å². The molecule has 2 aromatic heterocycles. The summed E-state index contributed by atoms with van der Waals surface area (Å²) in [5.74, 6) is -1.54. The molecule has 0 bridgehead atoms. The standard InChI is InChI=1S/C20H12F2N4O2/c21-14-6-16(24)15(22)5-12(14)10-3-4-11-18(13(10)7-23)26(9-1-2-9)20(27)17-19(11)28-8-25-17/h3-6,8-9H,1-2,24H2. The first-order valence-electron chi connectivity index (χ1n) is 8.60. The molecule has 0 atom stereocenters. The van der Waals surface area contributed by atoms with Crippen molar-refractivity contribution < 1.29 is 13.2 Å². The highest BCUT2D eigenvalue weighted by Gasteiger charge is 2.30. The Labute approximate surface area is 156 Å². The van der Waals surface area contributed by atoms with Crippen LogP contribution in [0, 0.1) is 23.0 Å². The van der Waals surface area contributed by atoms with Crippen LogP contribution in [-0.4, -0.2) is 9.55 Å². The van der Waals surface area contributed by atoms with Crippen LogP contribution in [0.2, 0.25) is 0 Å². The third-order valence-electron chi connectivity index (χ3n) is 5.05. The fourth-order valence-electron chi connectivity index (χ4n) is 3.62. The number of hydrogen-bond acceptors (Lipinski definition) is 5. The highest BCUT2D eigenvalue weighted by atomic mass is 19.1. The van der Waals surface area contributed by atoms with Gasteiger partial charge in [0.25, 0.3) is 5.56 Å². The van der Waals surface area contributed by atoms with E-state index in [0.29, 0.717) is 10.9 Å². The lowest BCUT2D eigenvalue weighted by Gasteiger charge is -2.14. The van der Waals surface area contributed by atoms with E-state index in [9.17, 15) is 18.8 Å². The summed E-state index contributed by atoms with van der Waals surface area (Å²) in [5, 5.41) is 10.4. The van der Waals surface area contributed by atoms with Gasteiger partial charge in [0.05, 0.1) is 16.8 Å². The van der Waals surface area contributed by atoms with Crippen LogP contribution < -0.4 is 11.3 Å². The zero-order valence-electron chi connectivity index (χ0n) is 14.4. The van der Waals surface area contributed by atoms with Gasteiger partial charge in [-0.15, -0.1) is 0 Å². The molecule has 1 fully saturated rings. The number of rotatable bonds is 2. The number of anilines is 1.